The molecular formula is C18H18FN5. The van der Waals surface area contributed by atoms with E-state index in [9.17, 15) is 4.39 Å². The number of halogens is 1. The van der Waals surface area contributed by atoms with Gasteiger partial charge in [-0.1, -0.05) is 42.5 Å². The lowest BCUT2D eigenvalue weighted by molar-refractivity contribution is 0.627. The van der Waals surface area contributed by atoms with Crippen molar-refractivity contribution in [3.05, 3.63) is 77.7 Å². The van der Waals surface area contributed by atoms with Crippen molar-refractivity contribution in [2.24, 2.45) is 0 Å². The molecule has 122 valence electrons. The summed E-state index contributed by atoms with van der Waals surface area (Å²) in [7, 11) is 0. The number of hydrogen-bond donors (Lipinski definition) is 2. The first-order valence-electron chi connectivity index (χ1n) is 7.75. The second-order valence-electron chi connectivity index (χ2n) is 5.31. The van der Waals surface area contributed by atoms with Crippen LogP contribution in [0.5, 0.6) is 0 Å². The molecule has 3 aromatic rings. The summed E-state index contributed by atoms with van der Waals surface area (Å²) in [5.74, 6) is 0.860. The normalized spacial score (nSPS) is 10.4. The molecule has 1 aromatic heterocycles. The molecule has 2 N–H and O–H groups in total. The van der Waals surface area contributed by atoms with Crippen LogP contribution in [-0.4, -0.2) is 21.7 Å². The van der Waals surface area contributed by atoms with Gasteiger partial charge in [-0.25, -0.2) is 4.39 Å². The molecule has 0 aliphatic carbocycles. The summed E-state index contributed by atoms with van der Waals surface area (Å²) in [6, 6.07) is 16.5. The van der Waals surface area contributed by atoms with Crippen molar-refractivity contribution in [3.8, 4) is 0 Å². The van der Waals surface area contributed by atoms with Crippen molar-refractivity contribution >= 4 is 11.8 Å². The van der Waals surface area contributed by atoms with Crippen LogP contribution in [0.4, 0.5) is 16.2 Å². The Labute approximate surface area is 140 Å². The van der Waals surface area contributed by atoms with Crippen LogP contribution in [0.25, 0.3) is 0 Å². The van der Waals surface area contributed by atoms with E-state index in [1.807, 2.05) is 18.2 Å². The fourth-order valence-corrected chi connectivity index (χ4v) is 2.22. The Morgan fingerprint density at radius 1 is 0.875 bits per heavy atom. The smallest absolute Gasteiger partial charge is 0.244 e. The van der Waals surface area contributed by atoms with Gasteiger partial charge in [-0.05, 0) is 29.7 Å². The fourth-order valence-electron chi connectivity index (χ4n) is 2.22. The molecule has 1 heterocycles. The molecule has 0 bridgehead atoms. The third-order valence-electron chi connectivity index (χ3n) is 3.49. The lowest BCUT2D eigenvalue weighted by Gasteiger charge is -2.08. The van der Waals surface area contributed by atoms with Gasteiger partial charge in [-0.15, -0.1) is 5.10 Å². The van der Waals surface area contributed by atoms with E-state index in [1.165, 1.54) is 17.7 Å². The van der Waals surface area contributed by atoms with Gasteiger partial charge in [-0.3, -0.25) is 0 Å². The highest BCUT2D eigenvalue weighted by Gasteiger charge is 2.01. The number of aromatic nitrogens is 3. The van der Waals surface area contributed by atoms with E-state index in [0.29, 0.717) is 18.3 Å². The Kier molecular flexibility index (Phi) is 5.29. The van der Waals surface area contributed by atoms with Gasteiger partial charge >= 0.3 is 0 Å². The maximum atomic E-state index is 12.9. The molecule has 0 radical (unpaired) electrons. The zero-order valence-electron chi connectivity index (χ0n) is 13.1. The molecule has 24 heavy (non-hydrogen) atoms. The predicted octanol–water partition coefficient (Wildman–Crippen LogP) is 3.28. The van der Waals surface area contributed by atoms with Gasteiger partial charge in [0.1, 0.15) is 5.82 Å². The Hall–Kier alpha value is -3.02. The largest absolute Gasteiger partial charge is 0.365 e. The monoisotopic (exact) mass is 323 g/mol. The van der Waals surface area contributed by atoms with Crippen molar-refractivity contribution in [1.29, 1.82) is 0 Å². The fraction of sp³-hybridized carbons (Fsp3) is 0.167. The van der Waals surface area contributed by atoms with Crippen LogP contribution in [0, 0.1) is 5.82 Å². The molecule has 6 heteroatoms. The number of rotatable bonds is 7. The van der Waals surface area contributed by atoms with E-state index in [0.717, 1.165) is 18.5 Å². The van der Waals surface area contributed by atoms with Crippen LogP contribution in [-0.2, 0) is 13.0 Å². The van der Waals surface area contributed by atoms with E-state index in [1.54, 1.807) is 18.3 Å². The van der Waals surface area contributed by atoms with Gasteiger partial charge in [0, 0.05) is 13.1 Å². The SMILES string of the molecule is Fc1ccc(CNc2cnnc(NCCc3ccccc3)n2)cc1. The minimum absolute atomic E-state index is 0.243. The molecule has 0 saturated heterocycles. The van der Waals surface area contributed by atoms with Crippen molar-refractivity contribution in [2.75, 3.05) is 17.2 Å². The van der Waals surface area contributed by atoms with E-state index in [-0.39, 0.29) is 5.82 Å². The Balaban J connectivity index is 1.51. The lowest BCUT2D eigenvalue weighted by atomic mass is 10.1. The molecule has 0 spiro atoms. The van der Waals surface area contributed by atoms with Gasteiger partial charge in [0.05, 0.1) is 6.20 Å². The zero-order chi connectivity index (χ0) is 16.6. The summed E-state index contributed by atoms with van der Waals surface area (Å²) in [5.41, 5.74) is 2.22. The van der Waals surface area contributed by atoms with Crippen molar-refractivity contribution in [1.82, 2.24) is 15.2 Å². The number of hydrogen-bond acceptors (Lipinski definition) is 5. The molecule has 0 aliphatic heterocycles. The van der Waals surface area contributed by atoms with Gasteiger partial charge in [0.2, 0.25) is 5.95 Å². The van der Waals surface area contributed by atoms with Crippen molar-refractivity contribution < 1.29 is 4.39 Å². The average Bonchev–Trinajstić information content (AvgIpc) is 2.63. The van der Waals surface area contributed by atoms with Crippen molar-refractivity contribution in [3.63, 3.8) is 0 Å². The molecule has 0 amide bonds. The molecule has 2 aromatic carbocycles. The van der Waals surface area contributed by atoms with E-state index < -0.39 is 0 Å². The first kappa shape index (κ1) is 15.9. The Bertz CT molecular complexity index is 762. The highest BCUT2D eigenvalue weighted by atomic mass is 19.1. The topological polar surface area (TPSA) is 62.7 Å². The molecule has 0 atom stereocenters. The third-order valence-corrected chi connectivity index (χ3v) is 3.49. The number of anilines is 2. The first-order chi connectivity index (χ1) is 11.8. The summed E-state index contributed by atoms with van der Waals surface area (Å²) in [4.78, 5) is 4.37. The van der Waals surface area contributed by atoms with Gasteiger partial charge in [0.25, 0.3) is 0 Å². The summed E-state index contributed by atoms with van der Waals surface area (Å²) < 4.78 is 12.9. The Morgan fingerprint density at radius 2 is 1.67 bits per heavy atom. The highest BCUT2D eigenvalue weighted by molar-refractivity contribution is 5.38. The standard InChI is InChI=1S/C18H18FN5/c19-16-8-6-15(7-9-16)12-21-17-13-22-24-18(23-17)20-11-10-14-4-2-1-3-5-14/h1-9,13H,10-12H2,(H2,20,21,23,24). The zero-order valence-corrected chi connectivity index (χ0v) is 13.1. The highest BCUT2D eigenvalue weighted by Crippen LogP contribution is 2.08. The van der Waals surface area contributed by atoms with Crippen LogP contribution in [0.15, 0.2) is 60.8 Å². The van der Waals surface area contributed by atoms with E-state index >= 15 is 0 Å². The van der Waals surface area contributed by atoms with Crippen LogP contribution in [0.1, 0.15) is 11.1 Å². The summed E-state index contributed by atoms with van der Waals surface area (Å²) in [6.45, 7) is 1.27. The van der Waals surface area contributed by atoms with E-state index in [2.05, 4.69) is 37.9 Å². The van der Waals surface area contributed by atoms with Gasteiger partial charge < -0.3 is 10.6 Å². The second kappa shape index (κ2) is 8.01. The minimum Gasteiger partial charge on any atom is -0.365 e. The van der Waals surface area contributed by atoms with Crippen LogP contribution in [0.3, 0.4) is 0 Å². The Morgan fingerprint density at radius 3 is 2.46 bits per heavy atom. The summed E-state index contributed by atoms with van der Waals surface area (Å²) >= 11 is 0. The number of nitrogens with zero attached hydrogens (tertiary/aromatic N) is 3. The summed E-state index contributed by atoms with van der Waals surface area (Å²) in [6.07, 6.45) is 2.45. The number of benzene rings is 2. The molecule has 0 aliphatic rings. The van der Waals surface area contributed by atoms with Crippen LogP contribution < -0.4 is 10.6 Å². The quantitative estimate of drug-likeness (QED) is 0.699. The average molecular weight is 323 g/mol. The van der Waals surface area contributed by atoms with Crippen LogP contribution in [0.2, 0.25) is 0 Å². The van der Waals surface area contributed by atoms with E-state index in [4.69, 9.17) is 0 Å². The van der Waals surface area contributed by atoms with Crippen LogP contribution >= 0.6 is 0 Å². The molecule has 0 unspecified atom stereocenters. The molecule has 0 fully saturated rings. The first-order valence-corrected chi connectivity index (χ1v) is 7.75. The third kappa shape index (κ3) is 4.74. The van der Waals surface area contributed by atoms with Crippen molar-refractivity contribution in [2.45, 2.75) is 13.0 Å². The maximum Gasteiger partial charge on any atom is 0.244 e. The van der Waals surface area contributed by atoms with Gasteiger partial charge in [-0.2, -0.15) is 10.1 Å². The molecule has 5 nitrogen and oxygen atoms in total. The number of nitrogens with one attached hydrogen (secondary N) is 2. The predicted molar refractivity (Wildman–Crippen MR) is 92.2 cm³/mol. The second-order valence-corrected chi connectivity index (χ2v) is 5.31. The van der Waals surface area contributed by atoms with Gasteiger partial charge in [0.15, 0.2) is 5.82 Å². The molecular weight excluding hydrogens is 305 g/mol. The lowest BCUT2D eigenvalue weighted by Crippen LogP contribution is -2.10. The summed E-state index contributed by atoms with van der Waals surface area (Å²) in [5, 5.41) is 14.2. The molecule has 3 rings (SSSR count). The molecule has 0 saturated carbocycles. The minimum atomic E-state index is -0.243. The maximum absolute atomic E-state index is 12.9.